The summed E-state index contributed by atoms with van der Waals surface area (Å²) >= 11 is 0. The van der Waals surface area contributed by atoms with Crippen LogP contribution in [0.2, 0.25) is 0 Å². The third-order valence-electron chi connectivity index (χ3n) is 6.04. The molecule has 3 aromatic carbocycles. The van der Waals surface area contributed by atoms with Crippen molar-refractivity contribution < 1.29 is 9.84 Å². The number of para-hydroxylation sites is 1. The van der Waals surface area contributed by atoms with Gasteiger partial charge < -0.3 is 14.7 Å². The van der Waals surface area contributed by atoms with Crippen LogP contribution >= 0.6 is 0 Å². The van der Waals surface area contributed by atoms with E-state index in [-0.39, 0.29) is 12.0 Å². The van der Waals surface area contributed by atoms with Crippen LogP contribution in [-0.4, -0.2) is 42.9 Å². The molecule has 0 spiro atoms. The summed E-state index contributed by atoms with van der Waals surface area (Å²) in [6, 6.07) is 27.1. The van der Waals surface area contributed by atoms with Crippen LogP contribution in [0.1, 0.15) is 37.5 Å². The first-order valence-electron chi connectivity index (χ1n) is 12.3. The number of benzene rings is 3. The lowest BCUT2D eigenvalue weighted by Gasteiger charge is -2.24. The van der Waals surface area contributed by atoms with Crippen molar-refractivity contribution in [1.29, 1.82) is 0 Å². The summed E-state index contributed by atoms with van der Waals surface area (Å²) in [6.45, 7) is 13.9. The van der Waals surface area contributed by atoms with Crippen molar-refractivity contribution in [1.82, 2.24) is 4.90 Å². The molecule has 0 aromatic heterocycles. The van der Waals surface area contributed by atoms with Gasteiger partial charge in [0.2, 0.25) is 0 Å². The molecule has 0 aliphatic heterocycles. The summed E-state index contributed by atoms with van der Waals surface area (Å²) in [6.07, 6.45) is 1.36. The summed E-state index contributed by atoms with van der Waals surface area (Å²) in [7, 11) is 1.98. The van der Waals surface area contributed by atoms with Gasteiger partial charge in [-0.2, -0.15) is 0 Å². The molecule has 0 heterocycles. The maximum atomic E-state index is 10.5. The van der Waals surface area contributed by atoms with E-state index in [0.29, 0.717) is 6.54 Å². The van der Waals surface area contributed by atoms with Crippen molar-refractivity contribution >= 4 is 5.69 Å². The van der Waals surface area contributed by atoms with Gasteiger partial charge in [0, 0.05) is 38.9 Å². The van der Waals surface area contributed by atoms with Crippen molar-refractivity contribution in [3.63, 3.8) is 0 Å². The van der Waals surface area contributed by atoms with Crippen LogP contribution in [0.15, 0.2) is 91.5 Å². The lowest BCUT2D eigenvalue weighted by molar-refractivity contribution is 0.113. The van der Waals surface area contributed by atoms with Gasteiger partial charge in [0.1, 0.15) is 18.5 Å². The third kappa shape index (κ3) is 8.57. The van der Waals surface area contributed by atoms with Gasteiger partial charge in [-0.05, 0) is 46.4 Å². The van der Waals surface area contributed by atoms with Crippen LogP contribution in [0.4, 0.5) is 5.69 Å². The van der Waals surface area contributed by atoms with E-state index in [0.717, 1.165) is 31.1 Å². The number of aliphatic hydroxyl groups excluding tert-OH is 1. The van der Waals surface area contributed by atoms with Gasteiger partial charge >= 0.3 is 0 Å². The Balaban J connectivity index is 1.55. The number of ether oxygens (including phenoxy) is 1. The molecule has 3 rings (SSSR count). The molecule has 0 saturated heterocycles. The Hall–Kier alpha value is -3.08. The zero-order valence-electron chi connectivity index (χ0n) is 21.7. The Kier molecular flexibility index (Phi) is 9.53. The molecule has 1 unspecified atom stereocenters. The van der Waals surface area contributed by atoms with E-state index in [4.69, 9.17) is 4.74 Å². The van der Waals surface area contributed by atoms with E-state index in [1.165, 1.54) is 16.7 Å². The van der Waals surface area contributed by atoms with Crippen molar-refractivity contribution in [3.05, 3.63) is 108 Å². The predicted molar refractivity (Wildman–Crippen MR) is 147 cm³/mol. The molecule has 0 bridgehead atoms. The molecule has 186 valence electrons. The number of aliphatic hydroxyl groups is 1. The highest BCUT2D eigenvalue weighted by molar-refractivity contribution is 5.45. The SMILES string of the molecule is C=CCN(Cc1ccc(C(C)(C)C)cc1)Cc1cccc(OCC(O)CN(C)c2ccccc2)c1. The molecule has 4 nitrogen and oxygen atoms in total. The molecule has 0 saturated carbocycles. The van der Waals surface area contributed by atoms with Gasteiger partial charge in [0.25, 0.3) is 0 Å². The fourth-order valence-electron chi connectivity index (χ4n) is 4.08. The van der Waals surface area contributed by atoms with Gasteiger partial charge in [-0.25, -0.2) is 0 Å². The highest BCUT2D eigenvalue weighted by Crippen LogP contribution is 2.23. The van der Waals surface area contributed by atoms with E-state index < -0.39 is 6.10 Å². The van der Waals surface area contributed by atoms with Crippen LogP contribution in [0.5, 0.6) is 5.75 Å². The van der Waals surface area contributed by atoms with Crippen molar-refractivity contribution in [2.75, 3.05) is 31.6 Å². The second-order valence-corrected chi connectivity index (χ2v) is 10.2. The fourth-order valence-corrected chi connectivity index (χ4v) is 4.08. The van der Waals surface area contributed by atoms with Gasteiger partial charge in [0.15, 0.2) is 0 Å². The molecule has 1 N–H and O–H groups in total. The van der Waals surface area contributed by atoms with Crippen LogP contribution in [0.3, 0.4) is 0 Å². The molecular formula is C31H40N2O2. The number of hydrogen-bond acceptors (Lipinski definition) is 4. The Morgan fingerprint density at radius 1 is 0.914 bits per heavy atom. The van der Waals surface area contributed by atoms with Gasteiger partial charge in [0.05, 0.1) is 0 Å². The fraction of sp³-hybridized carbons (Fsp3) is 0.355. The van der Waals surface area contributed by atoms with E-state index in [1.54, 1.807) is 0 Å². The average Bonchev–Trinajstić information content (AvgIpc) is 2.83. The average molecular weight is 473 g/mol. The number of rotatable bonds is 12. The normalized spacial score (nSPS) is 12.4. The molecule has 0 amide bonds. The minimum Gasteiger partial charge on any atom is -0.491 e. The summed E-state index contributed by atoms with van der Waals surface area (Å²) in [5.74, 6) is 0.775. The lowest BCUT2D eigenvalue weighted by atomic mass is 9.87. The van der Waals surface area contributed by atoms with Crippen LogP contribution < -0.4 is 9.64 Å². The minimum atomic E-state index is -0.586. The van der Waals surface area contributed by atoms with Gasteiger partial charge in [-0.15, -0.1) is 6.58 Å². The summed E-state index contributed by atoms with van der Waals surface area (Å²) in [4.78, 5) is 4.40. The number of anilines is 1. The third-order valence-corrected chi connectivity index (χ3v) is 6.04. The van der Waals surface area contributed by atoms with Crippen LogP contribution in [-0.2, 0) is 18.5 Å². The summed E-state index contributed by atoms with van der Waals surface area (Å²) in [5.41, 5.74) is 5.04. The first-order chi connectivity index (χ1) is 16.7. The highest BCUT2D eigenvalue weighted by atomic mass is 16.5. The largest absolute Gasteiger partial charge is 0.491 e. The number of hydrogen-bond donors (Lipinski definition) is 1. The summed E-state index contributed by atoms with van der Waals surface area (Å²) in [5, 5.41) is 10.5. The van der Waals surface area contributed by atoms with E-state index >= 15 is 0 Å². The second-order valence-electron chi connectivity index (χ2n) is 10.2. The Labute approximate surface area is 211 Å². The first kappa shape index (κ1) is 26.5. The van der Waals surface area contributed by atoms with Gasteiger partial charge in [-0.3, -0.25) is 4.90 Å². The van der Waals surface area contributed by atoms with E-state index in [2.05, 4.69) is 68.6 Å². The van der Waals surface area contributed by atoms with Crippen LogP contribution in [0, 0.1) is 0 Å². The lowest BCUT2D eigenvalue weighted by Crippen LogP contribution is -2.33. The van der Waals surface area contributed by atoms with Crippen molar-refractivity contribution in [2.24, 2.45) is 0 Å². The molecule has 35 heavy (non-hydrogen) atoms. The number of nitrogens with zero attached hydrogens (tertiary/aromatic N) is 2. The molecule has 4 heteroatoms. The molecular weight excluding hydrogens is 432 g/mol. The zero-order valence-corrected chi connectivity index (χ0v) is 21.7. The molecule has 0 aliphatic carbocycles. The maximum Gasteiger partial charge on any atom is 0.119 e. The maximum absolute atomic E-state index is 10.5. The van der Waals surface area contributed by atoms with Crippen LogP contribution in [0.25, 0.3) is 0 Å². The smallest absolute Gasteiger partial charge is 0.119 e. The number of likely N-dealkylation sites (N-methyl/N-ethyl adjacent to an activating group) is 1. The Morgan fingerprint density at radius 3 is 2.26 bits per heavy atom. The Bertz CT molecular complexity index is 1040. The molecule has 1 atom stereocenters. The van der Waals surface area contributed by atoms with Gasteiger partial charge in [-0.1, -0.05) is 81.4 Å². The molecule has 0 radical (unpaired) electrons. The van der Waals surface area contributed by atoms with E-state index in [1.807, 2.05) is 60.5 Å². The van der Waals surface area contributed by atoms with Crippen molar-refractivity contribution in [3.8, 4) is 5.75 Å². The second kappa shape index (κ2) is 12.6. The molecule has 3 aromatic rings. The van der Waals surface area contributed by atoms with E-state index in [9.17, 15) is 5.11 Å². The quantitative estimate of drug-likeness (QED) is 0.326. The predicted octanol–water partition coefficient (Wildman–Crippen LogP) is 6.05. The highest BCUT2D eigenvalue weighted by Gasteiger charge is 2.14. The molecule has 0 aliphatic rings. The minimum absolute atomic E-state index is 0.157. The monoisotopic (exact) mass is 472 g/mol. The Morgan fingerprint density at radius 2 is 1.60 bits per heavy atom. The topological polar surface area (TPSA) is 35.9 Å². The summed E-state index contributed by atoms with van der Waals surface area (Å²) < 4.78 is 5.93. The van der Waals surface area contributed by atoms with Crippen molar-refractivity contribution in [2.45, 2.75) is 45.4 Å². The zero-order chi connectivity index (χ0) is 25.3. The molecule has 0 fully saturated rings. The first-order valence-corrected chi connectivity index (χ1v) is 12.3. The standard InChI is InChI=1S/C31H40N2O2/c1-6-19-33(21-25-15-17-27(18-16-25)31(2,3)4)22-26-11-10-14-30(20-26)35-24-29(34)23-32(5)28-12-8-7-9-13-28/h6-18,20,29,34H,1,19,21-24H2,2-5H3.